The highest BCUT2D eigenvalue weighted by atomic mass is 16.5. The van der Waals surface area contributed by atoms with Gasteiger partial charge in [0.25, 0.3) is 0 Å². The van der Waals surface area contributed by atoms with Gasteiger partial charge in [-0.1, -0.05) is 0 Å². The number of benzene rings is 1. The lowest BCUT2D eigenvalue weighted by Crippen LogP contribution is -3.26. The lowest BCUT2D eigenvalue weighted by molar-refractivity contribution is -1.01. The van der Waals surface area contributed by atoms with Crippen LogP contribution >= 0.6 is 0 Å². The maximum absolute atomic E-state index is 5.87. The number of nitrogens with one attached hydrogen (secondary N) is 3. The molecule has 1 aromatic carbocycles. The summed E-state index contributed by atoms with van der Waals surface area (Å²) in [4.78, 5) is 16.1. The topological polar surface area (TPSA) is 94.8 Å². The predicted molar refractivity (Wildman–Crippen MR) is 96.2 cm³/mol. The standard InChI is InChI=1S/C17H25N7O/c1-3-25-14-6-4-13(5-7-14)19-17-21-15(20-16(18)22-17)12-24-10-8-23(2)9-11-24/h4-7H,3,8-12H2,1-2H3,(H3,18,19,20,21,22)/p+2. The summed E-state index contributed by atoms with van der Waals surface area (Å²) in [6, 6.07) is 7.68. The first-order valence-electron chi connectivity index (χ1n) is 8.77. The van der Waals surface area contributed by atoms with Crippen LogP contribution in [0.15, 0.2) is 24.3 Å². The van der Waals surface area contributed by atoms with E-state index in [0.29, 0.717) is 12.6 Å². The zero-order chi connectivity index (χ0) is 17.6. The van der Waals surface area contributed by atoms with Crippen molar-refractivity contribution in [3.8, 4) is 5.75 Å². The zero-order valence-electron chi connectivity index (χ0n) is 14.9. The van der Waals surface area contributed by atoms with Crippen LogP contribution in [0.4, 0.5) is 17.6 Å². The average molecular weight is 345 g/mol. The quantitative estimate of drug-likeness (QED) is 0.510. The highest BCUT2D eigenvalue weighted by Crippen LogP contribution is 2.18. The minimum Gasteiger partial charge on any atom is -0.494 e. The Kier molecular flexibility index (Phi) is 5.62. The number of nitrogens with two attached hydrogens (primary N) is 1. The van der Waals surface area contributed by atoms with E-state index in [9.17, 15) is 0 Å². The van der Waals surface area contributed by atoms with E-state index in [4.69, 9.17) is 10.5 Å². The summed E-state index contributed by atoms with van der Waals surface area (Å²) in [7, 11) is 2.23. The largest absolute Gasteiger partial charge is 0.494 e. The minimum atomic E-state index is 0.248. The van der Waals surface area contributed by atoms with E-state index >= 15 is 0 Å². The second kappa shape index (κ2) is 8.09. The third-order valence-electron chi connectivity index (χ3n) is 4.34. The van der Waals surface area contributed by atoms with Crippen molar-refractivity contribution in [1.82, 2.24) is 15.0 Å². The Morgan fingerprint density at radius 3 is 2.48 bits per heavy atom. The van der Waals surface area contributed by atoms with Crippen molar-refractivity contribution < 1.29 is 14.5 Å². The second-order valence-electron chi connectivity index (χ2n) is 6.40. The van der Waals surface area contributed by atoms with Gasteiger partial charge in [-0.05, 0) is 31.2 Å². The van der Waals surface area contributed by atoms with Crippen LogP contribution in [0.5, 0.6) is 5.75 Å². The summed E-state index contributed by atoms with van der Waals surface area (Å²) in [6.45, 7) is 7.98. The number of quaternary nitrogens is 2. The third kappa shape index (κ3) is 5.01. The van der Waals surface area contributed by atoms with Gasteiger partial charge in [-0.15, -0.1) is 0 Å². The smallest absolute Gasteiger partial charge is 0.232 e. The van der Waals surface area contributed by atoms with Crippen LogP contribution in [0.3, 0.4) is 0 Å². The van der Waals surface area contributed by atoms with Crippen molar-refractivity contribution in [2.24, 2.45) is 0 Å². The number of aromatic nitrogens is 3. The first kappa shape index (κ1) is 17.4. The lowest BCUT2D eigenvalue weighted by atomic mass is 10.3. The van der Waals surface area contributed by atoms with Gasteiger partial charge >= 0.3 is 0 Å². The van der Waals surface area contributed by atoms with Gasteiger partial charge in [-0.3, -0.25) is 0 Å². The van der Waals surface area contributed by atoms with Crippen molar-refractivity contribution in [3.63, 3.8) is 0 Å². The van der Waals surface area contributed by atoms with Crippen LogP contribution in [-0.2, 0) is 6.54 Å². The Bertz CT molecular complexity index is 684. The molecule has 0 bridgehead atoms. The highest BCUT2D eigenvalue weighted by Gasteiger charge is 2.21. The molecule has 1 saturated heterocycles. The van der Waals surface area contributed by atoms with Gasteiger partial charge in [-0.2, -0.15) is 15.0 Å². The Balaban J connectivity index is 1.66. The number of piperazine rings is 1. The van der Waals surface area contributed by atoms with E-state index in [1.165, 1.54) is 18.0 Å². The molecular weight excluding hydrogens is 318 g/mol. The molecule has 0 radical (unpaired) electrons. The fourth-order valence-corrected chi connectivity index (χ4v) is 2.93. The van der Waals surface area contributed by atoms with Gasteiger partial charge in [0.15, 0.2) is 5.82 Å². The minimum absolute atomic E-state index is 0.248. The van der Waals surface area contributed by atoms with Crippen LogP contribution < -0.4 is 25.6 Å². The predicted octanol–water partition coefficient (Wildman–Crippen LogP) is -1.49. The first-order chi connectivity index (χ1) is 12.1. The van der Waals surface area contributed by atoms with Crippen LogP contribution in [0.2, 0.25) is 0 Å². The lowest BCUT2D eigenvalue weighted by Gasteiger charge is -2.26. The van der Waals surface area contributed by atoms with Crippen LogP contribution in [0.25, 0.3) is 0 Å². The monoisotopic (exact) mass is 345 g/mol. The van der Waals surface area contributed by atoms with Gasteiger partial charge in [0.2, 0.25) is 11.9 Å². The van der Waals surface area contributed by atoms with Gasteiger partial charge in [0.05, 0.1) is 13.7 Å². The summed E-state index contributed by atoms with van der Waals surface area (Å²) >= 11 is 0. The number of hydrogen-bond acceptors (Lipinski definition) is 6. The summed E-state index contributed by atoms with van der Waals surface area (Å²) < 4.78 is 5.45. The highest BCUT2D eigenvalue weighted by molar-refractivity contribution is 5.55. The molecule has 8 heteroatoms. The molecule has 134 valence electrons. The van der Waals surface area contributed by atoms with E-state index in [1.54, 1.807) is 4.90 Å². The summed E-state index contributed by atoms with van der Waals surface area (Å²) in [5.41, 5.74) is 6.75. The van der Waals surface area contributed by atoms with Crippen LogP contribution in [-0.4, -0.2) is 54.8 Å². The molecule has 1 aromatic heterocycles. The normalized spacial score (nSPS) is 20.2. The second-order valence-corrected chi connectivity index (χ2v) is 6.40. The van der Waals surface area contributed by atoms with Crippen molar-refractivity contribution in [3.05, 3.63) is 30.1 Å². The number of anilines is 3. The Hall–Kier alpha value is -2.45. The molecule has 0 saturated carbocycles. The van der Waals surface area contributed by atoms with Gasteiger partial charge in [-0.25, -0.2) is 0 Å². The van der Waals surface area contributed by atoms with E-state index in [-0.39, 0.29) is 5.95 Å². The molecule has 2 heterocycles. The maximum Gasteiger partial charge on any atom is 0.232 e. The number of rotatable bonds is 6. The molecule has 2 aromatic rings. The van der Waals surface area contributed by atoms with E-state index in [1.807, 2.05) is 31.2 Å². The molecular formula is C17H27N7O+2. The molecule has 5 N–H and O–H groups in total. The molecule has 0 spiro atoms. The third-order valence-corrected chi connectivity index (χ3v) is 4.34. The van der Waals surface area contributed by atoms with Crippen LogP contribution in [0.1, 0.15) is 12.7 Å². The number of ether oxygens (including phenoxy) is 1. The average Bonchev–Trinajstić information content (AvgIpc) is 2.58. The van der Waals surface area contributed by atoms with Crippen molar-refractivity contribution in [1.29, 1.82) is 0 Å². The molecule has 1 fully saturated rings. The zero-order valence-corrected chi connectivity index (χ0v) is 14.9. The van der Waals surface area contributed by atoms with Gasteiger partial charge < -0.3 is 25.6 Å². The Labute approximate surface area is 148 Å². The number of likely N-dealkylation sites (N-methyl/N-ethyl adjacent to an activating group) is 1. The van der Waals surface area contributed by atoms with Crippen molar-refractivity contribution in [2.45, 2.75) is 13.5 Å². The summed E-state index contributed by atoms with van der Waals surface area (Å²) in [5.74, 6) is 2.29. The number of nitrogen functional groups attached to an aromatic ring is 1. The molecule has 0 unspecified atom stereocenters. The molecule has 3 rings (SSSR count). The van der Waals surface area contributed by atoms with Crippen molar-refractivity contribution >= 4 is 17.6 Å². The first-order valence-corrected chi connectivity index (χ1v) is 8.77. The van der Waals surface area contributed by atoms with E-state index < -0.39 is 0 Å². The Morgan fingerprint density at radius 1 is 1.08 bits per heavy atom. The molecule has 25 heavy (non-hydrogen) atoms. The molecule has 0 atom stereocenters. The summed E-state index contributed by atoms with van der Waals surface area (Å²) in [6.07, 6.45) is 0. The molecule has 1 aliphatic rings. The number of nitrogens with zero attached hydrogens (tertiary/aromatic N) is 3. The summed E-state index contributed by atoms with van der Waals surface area (Å²) in [5, 5.41) is 3.19. The van der Waals surface area contributed by atoms with Crippen molar-refractivity contribution in [2.75, 3.05) is 50.9 Å². The van der Waals surface area contributed by atoms with Gasteiger partial charge in [0, 0.05) is 5.69 Å². The van der Waals surface area contributed by atoms with E-state index in [0.717, 1.165) is 36.9 Å². The fourth-order valence-electron chi connectivity index (χ4n) is 2.93. The molecule has 8 nitrogen and oxygen atoms in total. The van der Waals surface area contributed by atoms with Gasteiger partial charge in [0.1, 0.15) is 38.5 Å². The van der Waals surface area contributed by atoms with Crippen LogP contribution in [0, 0.1) is 0 Å². The van der Waals surface area contributed by atoms with E-state index in [2.05, 4.69) is 27.3 Å². The SMILES string of the molecule is CCOc1ccc(Nc2nc(N)nc(C[NH+]3CC[NH+](C)CC3)n2)cc1. The fraction of sp³-hybridized carbons (Fsp3) is 0.471. The molecule has 0 aliphatic carbocycles. The number of hydrogen-bond donors (Lipinski definition) is 4. The molecule has 1 aliphatic heterocycles. The Morgan fingerprint density at radius 2 is 1.80 bits per heavy atom. The maximum atomic E-state index is 5.87. The molecule has 0 amide bonds.